The predicted molar refractivity (Wildman–Crippen MR) is 182 cm³/mol. The molecule has 4 heteroatoms. The Balaban J connectivity index is 0.885. The van der Waals surface area contributed by atoms with Crippen molar-refractivity contribution in [1.82, 2.24) is 9.97 Å². The fourth-order valence-corrected chi connectivity index (χ4v) is 7.96. The first-order chi connectivity index (χ1) is 21.3. The van der Waals surface area contributed by atoms with Gasteiger partial charge in [0, 0.05) is 33.6 Å². The van der Waals surface area contributed by atoms with Crippen LogP contribution in [0.4, 0.5) is 11.4 Å². The highest BCUT2D eigenvalue weighted by Gasteiger charge is 2.28. The van der Waals surface area contributed by atoms with Gasteiger partial charge in [0.2, 0.25) is 0 Å². The maximum absolute atomic E-state index is 4.92. The molecule has 0 aliphatic heterocycles. The minimum atomic E-state index is 0.537. The number of pyridine rings is 2. The van der Waals surface area contributed by atoms with Crippen LogP contribution in [0.2, 0.25) is 0 Å². The molecular weight excluding hydrogens is 524 g/mol. The second-order valence-corrected chi connectivity index (χ2v) is 13.0. The molecular formula is C39H40N4. The summed E-state index contributed by atoms with van der Waals surface area (Å²) in [5.74, 6) is 1.73. The van der Waals surface area contributed by atoms with Crippen molar-refractivity contribution in [2.75, 3.05) is 10.6 Å². The summed E-state index contributed by atoms with van der Waals surface area (Å²) in [4.78, 5) is 9.83. The molecule has 4 aromatic carbocycles. The molecule has 0 amide bonds. The van der Waals surface area contributed by atoms with Crippen molar-refractivity contribution < 1.29 is 0 Å². The van der Waals surface area contributed by atoms with Crippen LogP contribution < -0.4 is 10.6 Å². The first kappa shape index (κ1) is 26.4. The molecule has 2 aromatic heterocycles. The molecule has 43 heavy (non-hydrogen) atoms. The number of benzene rings is 4. The van der Waals surface area contributed by atoms with Crippen molar-refractivity contribution in [3.8, 4) is 0 Å². The lowest BCUT2D eigenvalue weighted by molar-refractivity contribution is 0.232. The molecule has 2 saturated carbocycles. The fourth-order valence-electron chi connectivity index (χ4n) is 7.96. The van der Waals surface area contributed by atoms with Crippen LogP contribution in [-0.4, -0.2) is 22.1 Å². The van der Waals surface area contributed by atoms with Gasteiger partial charge in [-0.05, 0) is 93.9 Å². The number of aromatic nitrogens is 2. The number of fused-ring (bicyclic) bond motifs is 4. The molecule has 2 N–H and O–H groups in total. The lowest BCUT2D eigenvalue weighted by Crippen LogP contribution is -2.30. The predicted octanol–water partition coefficient (Wildman–Crippen LogP) is 10.1. The van der Waals surface area contributed by atoms with E-state index in [4.69, 9.17) is 9.97 Å². The Labute approximate surface area is 253 Å². The zero-order valence-electron chi connectivity index (χ0n) is 24.8. The van der Waals surface area contributed by atoms with Crippen molar-refractivity contribution >= 4 is 55.0 Å². The number of anilines is 2. The maximum Gasteiger partial charge on any atom is 0.0730 e. The van der Waals surface area contributed by atoms with Crippen molar-refractivity contribution in [3.05, 3.63) is 97.1 Å². The Hall–Kier alpha value is -4.18. The van der Waals surface area contributed by atoms with Crippen LogP contribution >= 0.6 is 0 Å². The normalized spacial score (nSPS) is 22.7. The largest absolute Gasteiger partial charge is 0.381 e. The van der Waals surface area contributed by atoms with E-state index in [0.29, 0.717) is 12.1 Å². The van der Waals surface area contributed by atoms with Gasteiger partial charge in [-0.3, -0.25) is 0 Å². The highest BCUT2D eigenvalue weighted by molar-refractivity contribution is 6.08. The highest BCUT2D eigenvalue weighted by Crippen LogP contribution is 2.39. The Bertz CT molecular complexity index is 1650. The third-order valence-electron chi connectivity index (χ3n) is 10.2. The fraction of sp³-hybridized carbons (Fsp3) is 0.333. The van der Waals surface area contributed by atoms with Gasteiger partial charge in [0.05, 0.1) is 33.4 Å². The van der Waals surface area contributed by atoms with Crippen molar-refractivity contribution in [3.63, 3.8) is 0 Å². The minimum Gasteiger partial charge on any atom is -0.381 e. The summed E-state index contributed by atoms with van der Waals surface area (Å²) in [5.41, 5.74) is 6.84. The van der Waals surface area contributed by atoms with E-state index in [2.05, 4.69) is 108 Å². The quantitative estimate of drug-likeness (QED) is 0.198. The van der Waals surface area contributed by atoms with E-state index in [1.165, 1.54) is 90.7 Å². The minimum absolute atomic E-state index is 0.537. The summed E-state index contributed by atoms with van der Waals surface area (Å²) in [6.45, 7) is 0. The van der Waals surface area contributed by atoms with Crippen LogP contribution in [0.3, 0.4) is 0 Å². The summed E-state index contributed by atoms with van der Waals surface area (Å²) < 4.78 is 0. The van der Waals surface area contributed by atoms with Gasteiger partial charge in [0.15, 0.2) is 0 Å². The van der Waals surface area contributed by atoms with Gasteiger partial charge in [-0.15, -0.1) is 0 Å². The lowest BCUT2D eigenvalue weighted by Gasteiger charge is -2.35. The Morgan fingerprint density at radius 1 is 0.419 bits per heavy atom. The molecule has 6 aromatic rings. The van der Waals surface area contributed by atoms with Gasteiger partial charge in [0.1, 0.15) is 0 Å². The molecule has 216 valence electrons. The van der Waals surface area contributed by atoms with Crippen LogP contribution in [0.25, 0.3) is 43.6 Å². The molecule has 0 atom stereocenters. The molecule has 8 rings (SSSR count). The average Bonchev–Trinajstić information content (AvgIpc) is 3.06. The molecule has 0 unspecified atom stereocenters. The average molecular weight is 565 g/mol. The van der Waals surface area contributed by atoms with Crippen LogP contribution in [0.1, 0.15) is 57.8 Å². The number of hydrogen-bond donors (Lipinski definition) is 2. The SMILES string of the molecule is c1ccc2c(NC3CCC(CC4CCC(Nc5c6ccccc6nc6ccccc56)CC4)CC3)c3ccccc3nc2c1. The van der Waals surface area contributed by atoms with Gasteiger partial charge in [-0.25, -0.2) is 9.97 Å². The first-order valence-electron chi connectivity index (χ1n) is 16.4. The van der Waals surface area contributed by atoms with Gasteiger partial charge in [-0.2, -0.15) is 0 Å². The lowest BCUT2D eigenvalue weighted by atomic mass is 9.75. The monoisotopic (exact) mass is 564 g/mol. The number of para-hydroxylation sites is 4. The Morgan fingerprint density at radius 3 is 1.05 bits per heavy atom. The maximum atomic E-state index is 4.92. The molecule has 2 fully saturated rings. The van der Waals surface area contributed by atoms with E-state index in [9.17, 15) is 0 Å². The van der Waals surface area contributed by atoms with Gasteiger partial charge in [-0.1, -0.05) is 72.8 Å². The van der Waals surface area contributed by atoms with E-state index < -0.39 is 0 Å². The summed E-state index contributed by atoms with van der Waals surface area (Å²) in [6, 6.07) is 35.4. The third kappa shape index (κ3) is 5.29. The Morgan fingerprint density at radius 2 is 0.721 bits per heavy atom. The van der Waals surface area contributed by atoms with Crippen LogP contribution in [0.5, 0.6) is 0 Å². The van der Waals surface area contributed by atoms with E-state index in [-0.39, 0.29) is 0 Å². The van der Waals surface area contributed by atoms with Gasteiger partial charge < -0.3 is 10.6 Å². The number of rotatable bonds is 6. The zero-order chi connectivity index (χ0) is 28.6. The zero-order valence-corrected chi connectivity index (χ0v) is 24.8. The first-order valence-corrected chi connectivity index (χ1v) is 16.4. The summed E-state index contributed by atoms with van der Waals surface area (Å²) in [5, 5.41) is 12.9. The second-order valence-electron chi connectivity index (χ2n) is 13.0. The Kier molecular flexibility index (Phi) is 7.06. The van der Waals surface area contributed by atoms with Gasteiger partial charge >= 0.3 is 0 Å². The van der Waals surface area contributed by atoms with Crippen molar-refractivity contribution in [2.24, 2.45) is 11.8 Å². The van der Waals surface area contributed by atoms with E-state index in [1.807, 2.05) is 0 Å². The highest BCUT2D eigenvalue weighted by atomic mass is 14.9. The summed E-state index contributed by atoms with van der Waals surface area (Å²) >= 11 is 0. The third-order valence-corrected chi connectivity index (χ3v) is 10.2. The smallest absolute Gasteiger partial charge is 0.0730 e. The molecule has 0 spiro atoms. The number of nitrogens with zero attached hydrogens (tertiary/aromatic N) is 2. The van der Waals surface area contributed by atoms with E-state index >= 15 is 0 Å². The molecule has 0 radical (unpaired) electrons. The molecule has 0 bridgehead atoms. The topological polar surface area (TPSA) is 49.8 Å². The van der Waals surface area contributed by atoms with Gasteiger partial charge in [0.25, 0.3) is 0 Å². The van der Waals surface area contributed by atoms with Crippen LogP contribution in [0, 0.1) is 11.8 Å². The molecule has 2 aliphatic rings. The molecule has 0 saturated heterocycles. The molecule has 2 heterocycles. The summed E-state index contributed by atoms with van der Waals surface area (Å²) in [7, 11) is 0. The van der Waals surface area contributed by atoms with Crippen molar-refractivity contribution in [2.45, 2.75) is 69.9 Å². The molecule has 4 nitrogen and oxygen atoms in total. The van der Waals surface area contributed by atoms with Crippen LogP contribution in [0.15, 0.2) is 97.1 Å². The number of hydrogen-bond acceptors (Lipinski definition) is 4. The van der Waals surface area contributed by atoms with E-state index in [0.717, 1.165) is 33.9 Å². The van der Waals surface area contributed by atoms with Crippen LogP contribution in [-0.2, 0) is 0 Å². The van der Waals surface area contributed by atoms with E-state index in [1.54, 1.807) is 0 Å². The standard InChI is InChI=1S/C39H40N4/c1-5-13-34-30(9-1)38(31-10-2-6-14-35(31)42-34)40-28-21-17-26(18-22-28)25-27-19-23-29(24-20-27)41-39-32-11-3-7-15-36(32)43-37-16-8-4-12-33(37)39/h1-16,26-29H,17-25H2,(H,40,42)(H,41,43). The number of nitrogens with one attached hydrogen (secondary N) is 2. The summed E-state index contributed by atoms with van der Waals surface area (Å²) in [6.07, 6.45) is 11.8. The second kappa shape index (κ2) is 11.5. The molecule has 2 aliphatic carbocycles. The van der Waals surface area contributed by atoms with Crippen molar-refractivity contribution in [1.29, 1.82) is 0 Å².